The van der Waals surface area contributed by atoms with Crippen LogP contribution in [0.3, 0.4) is 0 Å². The summed E-state index contributed by atoms with van der Waals surface area (Å²) in [7, 11) is 0. The van der Waals surface area contributed by atoms with Gasteiger partial charge in [0.25, 0.3) is 5.91 Å². The molecule has 1 atom stereocenters. The maximum atomic E-state index is 12.2. The lowest BCUT2D eigenvalue weighted by Crippen LogP contribution is -2.56. The average Bonchev–Trinajstić information content (AvgIpc) is 2.51. The fourth-order valence-electron chi connectivity index (χ4n) is 2.80. The van der Waals surface area contributed by atoms with Gasteiger partial charge in [-0.05, 0) is 38.4 Å². The molecular formula is C17H22Cl2N2O4. The van der Waals surface area contributed by atoms with E-state index < -0.39 is 12.1 Å². The van der Waals surface area contributed by atoms with Gasteiger partial charge in [-0.1, -0.05) is 30.1 Å². The largest absolute Gasteiger partial charge is 0.481 e. The molecule has 1 aromatic rings. The molecule has 1 amide bonds. The highest BCUT2D eigenvalue weighted by atomic mass is 35.5. The van der Waals surface area contributed by atoms with Gasteiger partial charge in [0.15, 0.2) is 6.10 Å². The number of halogens is 2. The maximum Gasteiger partial charge on any atom is 0.317 e. The van der Waals surface area contributed by atoms with E-state index in [1.54, 1.807) is 25.1 Å². The molecule has 138 valence electrons. The van der Waals surface area contributed by atoms with Crippen molar-refractivity contribution in [2.75, 3.05) is 13.1 Å². The Bertz CT molecular complexity index is 635. The van der Waals surface area contributed by atoms with Crippen LogP contribution in [0.4, 0.5) is 0 Å². The Morgan fingerprint density at radius 1 is 1.36 bits per heavy atom. The van der Waals surface area contributed by atoms with Crippen molar-refractivity contribution in [1.82, 2.24) is 10.2 Å². The minimum Gasteiger partial charge on any atom is -0.481 e. The van der Waals surface area contributed by atoms with Crippen LogP contribution in [0, 0.1) is 0 Å². The Balaban J connectivity index is 1.78. The molecule has 25 heavy (non-hydrogen) atoms. The number of ether oxygens (including phenoxy) is 1. The highest BCUT2D eigenvalue weighted by Gasteiger charge is 2.35. The molecule has 1 fully saturated rings. The van der Waals surface area contributed by atoms with Crippen molar-refractivity contribution in [3.05, 3.63) is 28.2 Å². The van der Waals surface area contributed by atoms with Gasteiger partial charge < -0.3 is 15.2 Å². The summed E-state index contributed by atoms with van der Waals surface area (Å²) in [6, 6.07) is 5.07. The van der Waals surface area contributed by atoms with E-state index in [1.165, 1.54) is 0 Å². The molecule has 0 aromatic heterocycles. The smallest absolute Gasteiger partial charge is 0.317 e. The monoisotopic (exact) mass is 388 g/mol. The molecule has 1 unspecified atom stereocenters. The molecule has 0 heterocycles. The molecule has 0 aliphatic heterocycles. The van der Waals surface area contributed by atoms with E-state index in [2.05, 4.69) is 5.32 Å². The highest BCUT2D eigenvalue weighted by Crippen LogP contribution is 2.28. The van der Waals surface area contributed by atoms with Gasteiger partial charge in [0.05, 0.1) is 16.6 Å². The fourth-order valence-corrected chi connectivity index (χ4v) is 3.09. The third-order valence-corrected chi connectivity index (χ3v) is 5.03. The maximum absolute atomic E-state index is 12.2. The number of amides is 1. The molecule has 0 saturated heterocycles. The summed E-state index contributed by atoms with van der Waals surface area (Å²) in [5, 5.41) is 12.6. The summed E-state index contributed by atoms with van der Waals surface area (Å²) in [5.74, 6) is -0.573. The van der Waals surface area contributed by atoms with Gasteiger partial charge in [-0.3, -0.25) is 14.5 Å². The number of carbonyl (C=O) groups excluding carboxylic acids is 1. The van der Waals surface area contributed by atoms with Crippen molar-refractivity contribution in [1.29, 1.82) is 0 Å². The minimum atomic E-state index is -0.835. The van der Waals surface area contributed by atoms with Crippen LogP contribution < -0.4 is 10.1 Å². The van der Waals surface area contributed by atoms with Crippen molar-refractivity contribution in [2.24, 2.45) is 0 Å². The topological polar surface area (TPSA) is 78.9 Å². The standard InChI is InChI=1S/C17H22Cl2N2O4/c1-3-21(9-16(22)23)12-6-11(7-12)20-17(24)10(2)25-13-4-5-14(18)15(19)8-13/h4-5,8,10-12H,3,6-7,9H2,1-2H3,(H,20,24)(H,22,23). The summed E-state index contributed by atoms with van der Waals surface area (Å²) < 4.78 is 5.59. The van der Waals surface area contributed by atoms with Gasteiger partial charge in [0.1, 0.15) is 5.75 Å². The Morgan fingerprint density at radius 2 is 2.04 bits per heavy atom. The van der Waals surface area contributed by atoms with Crippen molar-refractivity contribution >= 4 is 35.1 Å². The van der Waals surface area contributed by atoms with E-state index in [9.17, 15) is 9.59 Å². The molecule has 1 aromatic carbocycles. The summed E-state index contributed by atoms with van der Waals surface area (Å²) in [6.45, 7) is 4.30. The lowest BCUT2D eigenvalue weighted by Gasteiger charge is -2.42. The van der Waals surface area contributed by atoms with Crippen LogP contribution in [0.5, 0.6) is 5.75 Å². The molecule has 0 radical (unpaired) electrons. The second-order valence-electron chi connectivity index (χ2n) is 6.12. The number of benzene rings is 1. The number of carbonyl (C=O) groups is 2. The number of aliphatic carboxylic acids is 1. The van der Waals surface area contributed by atoms with E-state index in [-0.39, 0.29) is 24.5 Å². The number of hydrogen-bond donors (Lipinski definition) is 2. The van der Waals surface area contributed by atoms with E-state index in [0.717, 1.165) is 12.8 Å². The average molecular weight is 389 g/mol. The van der Waals surface area contributed by atoms with Gasteiger partial charge in [-0.2, -0.15) is 0 Å². The third kappa shape index (κ3) is 5.49. The van der Waals surface area contributed by atoms with Gasteiger partial charge in [-0.25, -0.2) is 0 Å². The molecule has 0 spiro atoms. The molecule has 1 aliphatic rings. The lowest BCUT2D eigenvalue weighted by atomic mass is 9.85. The van der Waals surface area contributed by atoms with Gasteiger partial charge in [-0.15, -0.1) is 0 Å². The predicted octanol–water partition coefficient (Wildman–Crippen LogP) is 2.81. The fraction of sp³-hybridized carbons (Fsp3) is 0.529. The molecule has 2 rings (SSSR count). The Kier molecular flexibility index (Phi) is 6.93. The van der Waals surface area contributed by atoms with Crippen molar-refractivity contribution in [3.63, 3.8) is 0 Å². The van der Waals surface area contributed by atoms with Crippen molar-refractivity contribution in [2.45, 2.75) is 44.9 Å². The molecular weight excluding hydrogens is 367 g/mol. The second kappa shape index (κ2) is 8.74. The number of nitrogens with zero attached hydrogens (tertiary/aromatic N) is 1. The van der Waals surface area contributed by atoms with E-state index in [0.29, 0.717) is 22.3 Å². The van der Waals surface area contributed by atoms with Crippen LogP contribution in [0.2, 0.25) is 10.0 Å². The first kappa shape index (κ1) is 19.8. The van der Waals surface area contributed by atoms with Crippen molar-refractivity contribution in [3.8, 4) is 5.75 Å². The van der Waals surface area contributed by atoms with Gasteiger partial charge >= 0.3 is 5.97 Å². The predicted molar refractivity (Wildman–Crippen MR) is 96.4 cm³/mol. The zero-order valence-corrected chi connectivity index (χ0v) is 15.7. The Hall–Kier alpha value is -1.50. The lowest BCUT2D eigenvalue weighted by molar-refractivity contribution is -0.140. The first-order valence-corrected chi connectivity index (χ1v) is 8.93. The number of rotatable bonds is 8. The zero-order valence-electron chi connectivity index (χ0n) is 14.2. The third-order valence-electron chi connectivity index (χ3n) is 4.29. The van der Waals surface area contributed by atoms with Crippen molar-refractivity contribution < 1.29 is 19.4 Å². The Labute approximate surface area is 157 Å². The van der Waals surface area contributed by atoms with Crippen LogP contribution in [0.15, 0.2) is 18.2 Å². The quantitative estimate of drug-likeness (QED) is 0.715. The molecule has 0 bridgehead atoms. The van der Waals surface area contributed by atoms with Gasteiger partial charge in [0.2, 0.25) is 0 Å². The molecule has 1 saturated carbocycles. The summed E-state index contributed by atoms with van der Waals surface area (Å²) in [5.41, 5.74) is 0. The molecule has 1 aliphatic carbocycles. The SMILES string of the molecule is CCN(CC(=O)O)C1CC(NC(=O)C(C)Oc2ccc(Cl)c(Cl)c2)C1. The van der Waals surface area contributed by atoms with Crippen LogP contribution in [0.1, 0.15) is 26.7 Å². The van der Waals surface area contributed by atoms with E-state index in [4.69, 9.17) is 33.0 Å². The number of carboxylic acids is 1. The van der Waals surface area contributed by atoms with E-state index in [1.807, 2.05) is 11.8 Å². The number of carboxylic acid groups (broad SMARTS) is 1. The summed E-state index contributed by atoms with van der Waals surface area (Å²) in [4.78, 5) is 25.0. The van der Waals surface area contributed by atoms with Crippen LogP contribution in [-0.4, -0.2) is 53.2 Å². The van der Waals surface area contributed by atoms with Crippen LogP contribution in [-0.2, 0) is 9.59 Å². The number of hydrogen-bond acceptors (Lipinski definition) is 4. The molecule has 8 heteroatoms. The molecule has 2 N–H and O–H groups in total. The normalized spacial score (nSPS) is 20.7. The second-order valence-corrected chi connectivity index (χ2v) is 6.94. The summed E-state index contributed by atoms with van der Waals surface area (Å²) >= 11 is 11.8. The zero-order chi connectivity index (χ0) is 18.6. The van der Waals surface area contributed by atoms with E-state index >= 15 is 0 Å². The first-order valence-electron chi connectivity index (χ1n) is 8.18. The number of nitrogens with one attached hydrogen (secondary N) is 1. The highest BCUT2D eigenvalue weighted by molar-refractivity contribution is 6.42. The van der Waals surface area contributed by atoms with Gasteiger partial charge in [0, 0.05) is 18.2 Å². The van der Waals surface area contributed by atoms with Crippen LogP contribution in [0.25, 0.3) is 0 Å². The molecule has 6 nitrogen and oxygen atoms in total. The minimum absolute atomic E-state index is 0.0265. The first-order chi connectivity index (χ1) is 11.8. The summed E-state index contributed by atoms with van der Waals surface area (Å²) in [6.07, 6.45) is 0.816. The Morgan fingerprint density at radius 3 is 2.60 bits per heavy atom. The van der Waals surface area contributed by atoms with Crippen LogP contribution >= 0.6 is 23.2 Å². The number of likely N-dealkylation sites (N-methyl/N-ethyl adjacent to an activating group) is 1.